The van der Waals surface area contributed by atoms with Gasteiger partial charge in [0.05, 0.1) is 12.3 Å². The normalized spacial score (nSPS) is 14.9. The lowest BCUT2D eigenvalue weighted by Crippen LogP contribution is -2.34. The van der Waals surface area contributed by atoms with Crippen LogP contribution >= 0.6 is 0 Å². The number of allylic oxidation sites excluding steroid dienone is 2. The third-order valence-electron chi connectivity index (χ3n) is 2.89. The maximum Gasteiger partial charge on any atom is 0.414 e. The molecule has 0 radical (unpaired) electrons. The highest BCUT2D eigenvalue weighted by Crippen LogP contribution is 2.20. The lowest BCUT2D eigenvalue weighted by molar-refractivity contribution is 0.0351. The van der Waals surface area contributed by atoms with E-state index >= 15 is 0 Å². The Morgan fingerprint density at radius 2 is 2.19 bits per heavy atom. The summed E-state index contributed by atoms with van der Waals surface area (Å²) < 4.78 is 5.31. The molecule has 0 aliphatic carbocycles. The molecule has 0 aromatic carbocycles. The number of hydrogen-bond donors (Lipinski definition) is 1. The Morgan fingerprint density at radius 3 is 2.67 bits per heavy atom. The van der Waals surface area contributed by atoms with Crippen molar-refractivity contribution in [1.82, 2.24) is 9.88 Å². The summed E-state index contributed by atoms with van der Waals surface area (Å²) in [4.78, 5) is 17.6. The van der Waals surface area contributed by atoms with E-state index in [1.54, 1.807) is 18.5 Å². The molecule has 0 unspecified atom stereocenters. The maximum atomic E-state index is 11.9. The van der Waals surface area contributed by atoms with Gasteiger partial charge in [-0.15, -0.1) is 0 Å². The average molecular weight is 288 g/mol. The summed E-state index contributed by atoms with van der Waals surface area (Å²) in [5.74, 6) is 0. The van der Waals surface area contributed by atoms with Crippen molar-refractivity contribution in [2.45, 2.75) is 33.0 Å². The number of rotatable bonds is 2. The topological polar surface area (TPSA) is 62.7 Å². The van der Waals surface area contributed by atoms with Gasteiger partial charge in [0.1, 0.15) is 5.60 Å². The monoisotopic (exact) mass is 288 g/mol. The molecule has 0 saturated heterocycles. The van der Waals surface area contributed by atoms with Crippen LogP contribution in [0.15, 0.2) is 36.7 Å². The van der Waals surface area contributed by atoms with Crippen LogP contribution in [-0.2, 0) is 11.3 Å². The molecular weight excluding hydrogens is 268 g/mol. The molecule has 0 spiro atoms. The molecule has 1 aromatic heterocycles. The predicted octanol–water partition coefficient (Wildman–Crippen LogP) is 2.72. The first-order valence-electron chi connectivity index (χ1n) is 6.83. The van der Waals surface area contributed by atoms with E-state index < -0.39 is 5.60 Å². The molecule has 2 heterocycles. The van der Waals surface area contributed by atoms with E-state index in [0.717, 1.165) is 11.1 Å². The standard InChI is InChI=1S/C16H20N2O3/c1-16(2,3)21-15(20)18-8-6-12(7-9-18)13-4-5-14(11-19)17-10-13/h4-8,10,19H,9,11H2,1-3H3. The minimum Gasteiger partial charge on any atom is -0.443 e. The minimum atomic E-state index is -0.501. The second-order valence-electron chi connectivity index (χ2n) is 5.80. The number of nitrogens with zero attached hydrogens (tertiary/aromatic N) is 2. The van der Waals surface area contributed by atoms with Gasteiger partial charge in [0.25, 0.3) is 0 Å². The number of aliphatic hydroxyl groups is 1. The number of ether oxygens (including phenoxy) is 1. The smallest absolute Gasteiger partial charge is 0.414 e. The molecule has 0 atom stereocenters. The SMILES string of the molecule is CC(C)(C)OC(=O)N1C=CC(c2ccc(CO)nc2)=CC1. The number of carbonyl (C=O) groups is 1. The van der Waals surface area contributed by atoms with E-state index in [4.69, 9.17) is 9.84 Å². The van der Waals surface area contributed by atoms with Crippen LogP contribution in [-0.4, -0.2) is 33.2 Å². The highest BCUT2D eigenvalue weighted by atomic mass is 16.6. The van der Waals surface area contributed by atoms with Gasteiger partial charge in [0, 0.05) is 18.9 Å². The summed E-state index contributed by atoms with van der Waals surface area (Å²) >= 11 is 0. The highest BCUT2D eigenvalue weighted by Gasteiger charge is 2.21. The summed E-state index contributed by atoms with van der Waals surface area (Å²) in [6, 6.07) is 3.68. The Balaban J connectivity index is 2.02. The number of hydrogen-bond acceptors (Lipinski definition) is 4. The van der Waals surface area contributed by atoms with Crippen LogP contribution < -0.4 is 0 Å². The summed E-state index contributed by atoms with van der Waals surface area (Å²) in [6.07, 6.45) is 6.86. The Hall–Kier alpha value is -2.14. The molecule has 1 aliphatic rings. The van der Waals surface area contributed by atoms with Gasteiger partial charge in [-0.3, -0.25) is 9.88 Å². The first-order chi connectivity index (χ1) is 9.89. The van der Waals surface area contributed by atoms with E-state index in [0.29, 0.717) is 12.2 Å². The van der Waals surface area contributed by atoms with Crippen LogP contribution in [0.25, 0.3) is 5.57 Å². The molecule has 5 nitrogen and oxygen atoms in total. The molecular formula is C16H20N2O3. The zero-order chi connectivity index (χ0) is 15.5. The lowest BCUT2D eigenvalue weighted by Gasteiger charge is -2.26. The lowest BCUT2D eigenvalue weighted by atomic mass is 10.1. The summed E-state index contributed by atoms with van der Waals surface area (Å²) in [7, 11) is 0. The van der Waals surface area contributed by atoms with Crippen LogP contribution in [0.1, 0.15) is 32.0 Å². The van der Waals surface area contributed by atoms with E-state index in [9.17, 15) is 4.79 Å². The fourth-order valence-electron chi connectivity index (χ4n) is 1.85. The summed E-state index contributed by atoms with van der Waals surface area (Å²) in [5, 5.41) is 8.98. The Bertz CT molecular complexity index is 568. The third-order valence-corrected chi connectivity index (χ3v) is 2.89. The second-order valence-corrected chi connectivity index (χ2v) is 5.80. The molecule has 5 heteroatoms. The van der Waals surface area contributed by atoms with E-state index in [2.05, 4.69) is 4.98 Å². The van der Waals surface area contributed by atoms with Gasteiger partial charge in [-0.2, -0.15) is 0 Å². The van der Waals surface area contributed by atoms with Crippen molar-refractivity contribution >= 4 is 11.7 Å². The average Bonchev–Trinajstić information content (AvgIpc) is 2.46. The predicted molar refractivity (Wildman–Crippen MR) is 80.2 cm³/mol. The Morgan fingerprint density at radius 1 is 1.43 bits per heavy atom. The van der Waals surface area contributed by atoms with Crippen molar-refractivity contribution in [2.24, 2.45) is 0 Å². The largest absolute Gasteiger partial charge is 0.443 e. The van der Waals surface area contributed by atoms with Gasteiger partial charge in [0.15, 0.2) is 0 Å². The zero-order valence-electron chi connectivity index (χ0n) is 12.5. The van der Waals surface area contributed by atoms with Crippen molar-refractivity contribution in [3.63, 3.8) is 0 Å². The van der Waals surface area contributed by atoms with Gasteiger partial charge in [-0.05, 0) is 44.1 Å². The first-order valence-corrected chi connectivity index (χ1v) is 6.83. The van der Waals surface area contributed by atoms with Gasteiger partial charge < -0.3 is 9.84 Å². The quantitative estimate of drug-likeness (QED) is 0.909. The van der Waals surface area contributed by atoms with Gasteiger partial charge in [0.2, 0.25) is 0 Å². The van der Waals surface area contributed by atoms with Crippen LogP contribution in [0.2, 0.25) is 0 Å². The number of amides is 1. The molecule has 1 aliphatic heterocycles. The second kappa shape index (κ2) is 6.10. The highest BCUT2D eigenvalue weighted by molar-refractivity contribution is 5.78. The molecule has 112 valence electrons. The van der Waals surface area contributed by atoms with Gasteiger partial charge in [-0.1, -0.05) is 12.1 Å². The molecule has 0 bridgehead atoms. The Kier molecular flexibility index (Phi) is 4.43. The fraction of sp³-hybridized carbons (Fsp3) is 0.375. The number of pyridine rings is 1. The maximum absolute atomic E-state index is 11.9. The molecule has 2 rings (SSSR count). The summed E-state index contributed by atoms with van der Waals surface area (Å²) in [6.45, 7) is 5.92. The van der Waals surface area contributed by atoms with E-state index in [1.165, 1.54) is 4.90 Å². The van der Waals surface area contributed by atoms with Gasteiger partial charge in [-0.25, -0.2) is 4.79 Å². The third kappa shape index (κ3) is 4.16. The molecule has 21 heavy (non-hydrogen) atoms. The molecule has 1 N–H and O–H groups in total. The number of aromatic nitrogens is 1. The summed E-state index contributed by atoms with van der Waals surface area (Å²) in [5.41, 5.74) is 2.08. The van der Waals surface area contributed by atoms with Crippen molar-refractivity contribution < 1.29 is 14.6 Å². The molecule has 0 fully saturated rings. The van der Waals surface area contributed by atoms with Crippen LogP contribution in [0.5, 0.6) is 0 Å². The molecule has 1 amide bonds. The Labute approximate surface area is 124 Å². The molecule has 0 saturated carbocycles. The number of carbonyl (C=O) groups excluding carboxylic acids is 1. The fourth-order valence-corrected chi connectivity index (χ4v) is 1.85. The minimum absolute atomic E-state index is 0.0679. The van der Waals surface area contributed by atoms with Crippen LogP contribution in [0.4, 0.5) is 4.79 Å². The van der Waals surface area contributed by atoms with Crippen LogP contribution in [0.3, 0.4) is 0 Å². The van der Waals surface area contributed by atoms with Crippen molar-refractivity contribution in [3.8, 4) is 0 Å². The van der Waals surface area contributed by atoms with E-state index in [-0.39, 0.29) is 12.7 Å². The van der Waals surface area contributed by atoms with Crippen molar-refractivity contribution in [2.75, 3.05) is 6.54 Å². The van der Waals surface area contributed by atoms with Crippen molar-refractivity contribution in [1.29, 1.82) is 0 Å². The zero-order valence-corrected chi connectivity index (χ0v) is 12.5. The van der Waals surface area contributed by atoms with E-state index in [1.807, 2.05) is 39.0 Å². The first kappa shape index (κ1) is 15.3. The van der Waals surface area contributed by atoms with Crippen molar-refractivity contribution in [3.05, 3.63) is 47.9 Å². The van der Waals surface area contributed by atoms with Gasteiger partial charge >= 0.3 is 6.09 Å². The number of aliphatic hydroxyl groups excluding tert-OH is 1. The molecule has 1 aromatic rings. The van der Waals surface area contributed by atoms with Crippen LogP contribution in [0, 0.1) is 0 Å².